The van der Waals surface area contributed by atoms with Gasteiger partial charge >= 0.3 is 11.9 Å². The second kappa shape index (κ2) is 8.35. The lowest BCUT2D eigenvalue weighted by Gasteiger charge is -2.20. The summed E-state index contributed by atoms with van der Waals surface area (Å²) in [6.07, 6.45) is 1.44. The van der Waals surface area contributed by atoms with Gasteiger partial charge < -0.3 is 19.3 Å². The van der Waals surface area contributed by atoms with Crippen LogP contribution in [-0.4, -0.2) is 31.7 Å². The highest BCUT2D eigenvalue weighted by Crippen LogP contribution is 2.31. The number of anilines is 1. The van der Waals surface area contributed by atoms with Crippen LogP contribution in [0.25, 0.3) is 0 Å². The maximum atomic E-state index is 12.1. The van der Waals surface area contributed by atoms with Crippen LogP contribution in [0.4, 0.5) is 5.69 Å². The van der Waals surface area contributed by atoms with Crippen LogP contribution in [0.15, 0.2) is 30.0 Å². The van der Waals surface area contributed by atoms with E-state index in [1.165, 1.54) is 6.20 Å². The highest BCUT2D eigenvalue weighted by molar-refractivity contribution is 6.14. The molecule has 0 unspecified atom stereocenters. The topological polar surface area (TPSA) is 74.3 Å². The van der Waals surface area contributed by atoms with Crippen molar-refractivity contribution in [3.05, 3.63) is 35.5 Å². The van der Waals surface area contributed by atoms with Gasteiger partial charge in [0.2, 0.25) is 0 Å². The summed E-state index contributed by atoms with van der Waals surface area (Å²) in [4.78, 5) is 35.9. The van der Waals surface area contributed by atoms with E-state index in [1.807, 2.05) is 19.1 Å². The smallest absolute Gasteiger partial charge is 0.347 e. The number of rotatable bonds is 7. The average molecular weight is 335 g/mol. The number of hydrogen-bond donors (Lipinski definition) is 0. The summed E-state index contributed by atoms with van der Waals surface area (Å²) < 4.78 is 9.89. The molecule has 0 amide bonds. The van der Waals surface area contributed by atoms with Crippen molar-refractivity contribution in [1.29, 1.82) is 0 Å². The second-order valence-corrected chi connectivity index (χ2v) is 4.91. The van der Waals surface area contributed by atoms with Crippen LogP contribution in [0.1, 0.15) is 26.3 Å². The molecule has 0 N–H and O–H groups in total. The summed E-state index contributed by atoms with van der Waals surface area (Å²) in [5, 5.41) is 0. The predicted molar refractivity (Wildman–Crippen MR) is 86.2 cm³/mol. The number of esters is 2. The summed E-state index contributed by atoms with van der Waals surface area (Å²) >= 11 is 0. The Hall–Kier alpha value is -2.54. The van der Waals surface area contributed by atoms with Gasteiger partial charge in [-0.1, -0.05) is 6.07 Å². The second-order valence-electron chi connectivity index (χ2n) is 4.91. The van der Waals surface area contributed by atoms with Gasteiger partial charge in [-0.05, 0) is 26.8 Å². The first-order valence-corrected chi connectivity index (χ1v) is 7.85. The molecule has 0 bridgehead atoms. The van der Waals surface area contributed by atoms with Gasteiger partial charge in [0.05, 0.1) is 13.2 Å². The van der Waals surface area contributed by atoms with Crippen molar-refractivity contribution in [3.8, 4) is 5.75 Å². The quantitative estimate of drug-likeness (QED) is 0.249. The molecular formula is C17H21NO6. The van der Waals surface area contributed by atoms with Gasteiger partial charge in [0.1, 0.15) is 6.61 Å². The number of fused-ring (bicyclic) bond motifs is 1. The molecule has 1 aliphatic rings. The highest BCUT2D eigenvalue weighted by Gasteiger charge is 2.23. The molecule has 0 atom stereocenters. The first kappa shape index (κ1) is 17.8. The van der Waals surface area contributed by atoms with E-state index < -0.39 is 11.9 Å². The molecule has 7 heteroatoms. The van der Waals surface area contributed by atoms with E-state index in [4.69, 9.17) is 19.2 Å². The van der Waals surface area contributed by atoms with Crippen LogP contribution in [-0.2, 0) is 30.6 Å². The Bertz CT molecular complexity index is 620. The number of carbonyl (C=O) groups excluding carboxylic acids is 2. The van der Waals surface area contributed by atoms with Gasteiger partial charge in [-0.3, -0.25) is 0 Å². The Morgan fingerprint density at radius 1 is 1.17 bits per heavy atom. The fraction of sp³-hybridized carbons (Fsp3) is 0.412. The third kappa shape index (κ3) is 4.05. The minimum absolute atomic E-state index is 0.154. The minimum atomic E-state index is -0.713. The van der Waals surface area contributed by atoms with Gasteiger partial charge in [-0.2, -0.15) is 4.89 Å². The van der Waals surface area contributed by atoms with Gasteiger partial charge in [-0.25, -0.2) is 9.59 Å². The lowest BCUT2D eigenvalue weighted by molar-refractivity contribution is -0.194. The van der Waals surface area contributed by atoms with E-state index in [1.54, 1.807) is 24.8 Å². The normalized spacial score (nSPS) is 12.0. The summed E-state index contributed by atoms with van der Waals surface area (Å²) in [6.45, 7) is 6.52. The molecule has 1 aromatic rings. The molecule has 0 spiro atoms. The molecule has 0 fully saturated rings. The van der Waals surface area contributed by atoms with E-state index in [9.17, 15) is 9.59 Å². The van der Waals surface area contributed by atoms with E-state index in [2.05, 4.69) is 0 Å². The Morgan fingerprint density at radius 2 is 1.83 bits per heavy atom. The first-order chi connectivity index (χ1) is 11.6. The maximum absolute atomic E-state index is 12.1. The lowest BCUT2D eigenvalue weighted by Crippen LogP contribution is -2.24. The van der Waals surface area contributed by atoms with E-state index in [-0.39, 0.29) is 18.8 Å². The standard InChI is InChI=1S/C17H21NO6/c1-4-18(13-8-7-12-11-23-24-15(12)9-13)10-14(16(19)21-5-2)17(20)22-6-3/h7-10H,4-6,11H2,1-3H3. The molecule has 2 rings (SSSR count). The molecule has 130 valence electrons. The molecule has 7 nitrogen and oxygen atoms in total. The summed E-state index contributed by atoms with van der Waals surface area (Å²) in [7, 11) is 0. The molecule has 1 aromatic carbocycles. The molecule has 0 saturated heterocycles. The van der Waals surface area contributed by atoms with Crippen molar-refractivity contribution in [2.45, 2.75) is 27.4 Å². The van der Waals surface area contributed by atoms with Gasteiger partial charge in [-0.15, -0.1) is 0 Å². The monoisotopic (exact) mass is 335 g/mol. The van der Waals surface area contributed by atoms with Crippen LogP contribution in [0.2, 0.25) is 0 Å². The van der Waals surface area contributed by atoms with E-state index >= 15 is 0 Å². The summed E-state index contributed by atoms with van der Waals surface area (Å²) in [6, 6.07) is 5.53. The van der Waals surface area contributed by atoms with E-state index in [0.29, 0.717) is 18.9 Å². The fourth-order valence-corrected chi connectivity index (χ4v) is 2.19. The summed E-state index contributed by atoms with van der Waals surface area (Å²) in [5.41, 5.74) is 1.54. The first-order valence-electron chi connectivity index (χ1n) is 7.85. The number of benzene rings is 1. The van der Waals surface area contributed by atoms with Crippen molar-refractivity contribution < 1.29 is 28.8 Å². The van der Waals surface area contributed by atoms with Crippen LogP contribution < -0.4 is 9.79 Å². The molecule has 1 aliphatic heterocycles. The number of nitrogens with zero attached hydrogens (tertiary/aromatic N) is 1. The van der Waals surface area contributed by atoms with Crippen LogP contribution in [0.3, 0.4) is 0 Å². The van der Waals surface area contributed by atoms with Crippen LogP contribution in [0.5, 0.6) is 5.75 Å². The van der Waals surface area contributed by atoms with Crippen molar-refractivity contribution >= 4 is 17.6 Å². The van der Waals surface area contributed by atoms with Crippen molar-refractivity contribution in [3.63, 3.8) is 0 Å². The van der Waals surface area contributed by atoms with Crippen molar-refractivity contribution in [2.75, 3.05) is 24.7 Å². The van der Waals surface area contributed by atoms with Gasteiger partial charge in [0, 0.05) is 30.1 Å². The van der Waals surface area contributed by atoms with Crippen molar-refractivity contribution in [1.82, 2.24) is 0 Å². The molecule has 0 aliphatic carbocycles. The van der Waals surface area contributed by atoms with Crippen LogP contribution >= 0.6 is 0 Å². The molecule has 24 heavy (non-hydrogen) atoms. The molecule has 0 saturated carbocycles. The maximum Gasteiger partial charge on any atom is 0.347 e. The third-order valence-corrected chi connectivity index (χ3v) is 3.36. The zero-order chi connectivity index (χ0) is 17.5. The number of hydrogen-bond acceptors (Lipinski definition) is 7. The van der Waals surface area contributed by atoms with E-state index in [0.717, 1.165) is 11.3 Å². The average Bonchev–Trinajstić information content (AvgIpc) is 3.03. The van der Waals surface area contributed by atoms with Crippen LogP contribution in [0, 0.1) is 0 Å². The predicted octanol–water partition coefficient (Wildman–Crippen LogP) is 2.35. The Kier molecular flexibility index (Phi) is 6.20. The van der Waals surface area contributed by atoms with Gasteiger partial charge in [0.15, 0.2) is 11.3 Å². The Balaban J connectivity index is 2.32. The minimum Gasteiger partial charge on any atom is -0.462 e. The molecule has 1 heterocycles. The Morgan fingerprint density at radius 3 is 2.42 bits per heavy atom. The third-order valence-electron chi connectivity index (χ3n) is 3.36. The Labute approximate surface area is 140 Å². The number of ether oxygens (including phenoxy) is 2. The number of carbonyl (C=O) groups is 2. The largest absolute Gasteiger partial charge is 0.462 e. The highest BCUT2D eigenvalue weighted by atomic mass is 17.2. The van der Waals surface area contributed by atoms with Crippen molar-refractivity contribution in [2.24, 2.45) is 0 Å². The zero-order valence-corrected chi connectivity index (χ0v) is 14.0. The molecular weight excluding hydrogens is 314 g/mol. The van der Waals surface area contributed by atoms with Gasteiger partial charge in [0.25, 0.3) is 0 Å². The SMILES string of the molecule is CCOC(=O)C(=CN(CC)c1ccc2c(c1)OOC2)C(=O)OCC. The fourth-order valence-electron chi connectivity index (χ4n) is 2.19. The molecule has 0 radical (unpaired) electrons. The summed E-state index contributed by atoms with van der Waals surface area (Å²) in [5.74, 6) is -0.807. The molecule has 0 aromatic heterocycles. The zero-order valence-electron chi connectivity index (χ0n) is 14.0. The lowest BCUT2D eigenvalue weighted by atomic mass is 10.2.